The third-order valence-electron chi connectivity index (χ3n) is 8.43. The van der Waals surface area contributed by atoms with Gasteiger partial charge in [-0.25, -0.2) is 0 Å². The summed E-state index contributed by atoms with van der Waals surface area (Å²) in [5, 5.41) is 11.6. The fraction of sp³-hybridized carbons (Fsp3) is 0.323. The number of nitrogens with one attached hydrogen (secondary N) is 2. The van der Waals surface area contributed by atoms with Gasteiger partial charge < -0.3 is 15.0 Å². The number of hydrogen-bond acceptors (Lipinski definition) is 6. The van der Waals surface area contributed by atoms with Gasteiger partial charge in [0, 0.05) is 48.6 Å². The third-order valence-corrected chi connectivity index (χ3v) is 8.43. The summed E-state index contributed by atoms with van der Waals surface area (Å²) in [5.41, 5.74) is 3.64. The van der Waals surface area contributed by atoms with Crippen LogP contribution in [0.2, 0.25) is 0 Å². The number of carbonyl (C=O) groups is 3. The lowest BCUT2D eigenvalue weighted by Crippen LogP contribution is -2.50. The molecule has 0 radical (unpaired) electrons. The number of benzene rings is 2. The van der Waals surface area contributed by atoms with Gasteiger partial charge >= 0.3 is 0 Å². The van der Waals surface area contributed by atoms with E-state index in [9.17, 15) is 14.4 Å². The van der Waals surface area contributed by atoms with Crippen LogP contribution in [0.25, 0.3) is 22.2 Å². The van der Waals surface area contributed by atoms with Crippen LogP contribution in [0, 0.1) is 5.92 Å². The summed E-state index contributed by atoms with van der Waals surface area (Å²) in [7, 11) is 0. The zero-order valence-electron chi connectivity index (χ0n) is 21.9. The van der Waals surface area contributed by atoms with E-state index >= 15 is 0 Å². The van der Waals surface area contributed by atoms with Crippen molar-refractivity contribution < 1.29 is 19.1 Å². The van der Waals surface area contributed by atoms with Crippen LogP contribution in [-0.4, -0.2) is 56.9 Å². The number of ether oxygens (including phenoxy) is 1. The first kappa shape index (κ1) is 24.5. The van der Waals surface area contributed by atoms with Gasteiger partial charge in [-0.2, -0.15) is 5.10 Å². The maximum atomic E-state index is 13.3. The first-order chi connectivity index (χ1) is 19.5. The van der Waals surface area contributed by atoms with Crippen molar-refractivity contribution >= 4 is 29.0 Å². The molecular weight excluding hydrogens is 506 g/mol. The molecule has 0 bridgehead atoms. The second kappa shape index (κ2) is 9.59. The average molecular weight is 536 g/mol. The molecule has 4 aromatic rings. The smallest absolute Gasteiger partial charge is 0.251 e. The number of aromatic nitrogens is 3. The maximum Gasteiger partial charge on any atom is 0.251 e. The van der Waals surface area contributed by atoms with E-state index in [4.69, 9.17) is 4.74 Å². The quantitative estimate of drug-likeness (QED) is 0.352. The summed E-state index contributed by atoms with van der Waals surface area (Å²) < 4.78 is 6.38. The van der Waals surface area contributed by atoms with Gasteiger partial charge in [0.25, 0.3) is 5.91 Å². The molecule has 2 aromatic heterocycles. The number of nitrogens with zero attached hydrogens (tertiary/aromatic N) is 3. The standard InChI is InChI=1S/C31H29N5O4/c37-18-36-13-10-31(11-14-36)17-26(38)23-15-20(7-9-27(23)40-31)28-22-16-21(6-8-24(22)34-35-28)30(39)33-29(19-4-5-19)25-3-1-2-12-32-25/h1-3,6-9,12,15-16,18-19,29H,4-5,10-11,13-14,17H2,(H,33,39)(H,34,35)/t29-/m0/s1. The molecule has 7 rings (SSSR count). The zero-order valence-corrected chi connectivity index (χ0v) is 21.9. The van der Waals surface area contributed by atoms with Gasteiger partial charge in [-0.3, -0.25) is 24.5 Å². The van der Waals surface area contributed by atoms with E-state index in [1.54, 1.807) is 17.2 Å². The highest BCUT2D eigenvalue weighted by atomic mass is 16.5. The van der Waals surface area contributed by atoms with Crippen LogP contribution < -0.4 is 10.1 Å². The summed E-state index contributed by atoms with van der Waals surface area (Å²) in [4.78, 5) is 43.9. The second-order valence-electron chi connectivity index (χ2n) is 11.1. The van der Waals surface area contributed by atoms with E-state index < -0.39 is 5.60 Å². The molecule has 2 fully saturated rings. The average Bonchev–Trinajstić information content (AvgIpc) is 3.74. The van der Waals surface area contributed by atoms with Crippen LogP contribution in [0.4, 0.5) is 0 Å². The fourth-order valence-electron chi connectivity index (χ4n) is 5.98. The molecule has 9 heteroatoms. The number of H-pyrrole nitrogens is 1. The van der Waals surface area contributed by atoms with Crippen molar-refractivity contribution in [3.63, 3.8) is 0 Å². The number of carbonyl (C=O) groups excluding carboxylic acids is 3. The molecule has 1 saturated heterocycles. The Morgan fingerprint density at radius 2 is 1.98 bits per heavy atom. The molecule has 202 valence electrons. The molecule has 9 nitrogen and oxygen atoms in total. The van der Waals surface area contributed by atoms with Crippen LogP contribution >= 0.6 is 0 Å². The fourth-order valence-corrected chi connectivity index (χ4v) is 5.98. The van der Waals surface area contributed by atoms with Crippen LogP contribution in [0.15, 0.2) is 60.8 Å². The lowest BCUT2D eigenvalue weighted by atomic mass is 9.82. The Kier molecular flexibility index (Phi) is 5.87. The van der Waals surface area contributed by atoms with E-state index in [1.165, 1.54) is 0 Å². The molecule has 2 aliphatic heterocycles. The number of likely N-dealkylation sites (tertiary alicyclic amines) is 1. The van der Waals surface area contributed by atoms with Crippen LogP contribution in [0.5, 0.6) is 5.75 Å². The molecule has 1 atom stereocenters. The van der Waals surface area contributed by atoms with Crippen molar-refractivity contribution in [2.24, 2.45) is 5.92 Å². The van der Waals surface area contributed by atoms with Gasteiger partial charge in [0.05, 0.1) is 34.9 Å². The number of rotatable bonds is 6. The van der Waals surface area contributed by atoms with Gasteiger partial charge in [0.2, 0.25) is 6.41 Å². The number of hydrogen-bond donors (Lipinski definition) is 2. The Balaban J connectivity index is 1.16. The van der Waals surface area contributed by atoms with Crippen molar-refractivity contribution in [3.8, 4) is 17.0 Å². The lowest BCUT2D eigenvalue weighted by Gasteiger charge is -2.43. The highest BCUT2D eigenvalue weighted by Crippen LogP contribution is 2.42. The molecular formula is C31H29N5O4. The molecule has 0 unspecified atom stereocenters. The van der Waals surface area contributed by atoms with Gasteiger partial charge in [-0.1, -0.05) is 6.07 Å². The molecule has 3 aliphatic rings. The Labute approximate surface area is 230 Å². The summed E-state index contributed by atoms with van der Waals surface area (Å²) in [6.45, 7) is 1.17. The Bertz CT molecular complexity index is 1620. The minimum Gasteiger partial charge on any atom is -0.486 e. The minimum atomic E-state index is -0.556. The highest BCUT2D eigenvalue weighted by Gasteiger charge is 2.43. The molecule has 1 spiro atoms. The van der Waals surface area contributed by atoms with Crippen LogP contribution in [-0.2, 0) is 4.79 Å². The number of piperidine rings is 1. The molecule has 2 amide bonds. The Hall–Kier alpha value is -4.53. The largest absolute Gasteiger partial charge is 0.486 e. The Morgan fingerprint density at radius 3 is 2.73 bits per heavy atom. The molecule has 40 heavy (non-hydrogen) atoms. The normalized spacial score (nSPS) is 18.7. The minimum absolute atomic E-state index is 0.0307. The van der Waals surface area contributed by atoms with Crippen molar-refractivity contribution in [1.82, 2.24) is 25.4 Å². The molecule has 2 aromatic carbocycles. The summed E-state index contributed by atoms with van der Waals surface area (Å²) >= 11 is 0. The van der Waals surface area contributed by atoms with E-state index in [2.05, 4.69) is 20.5 Å². The molecule has 1 saturated carbocycles. The number of aromatic amines is 1. The number of fused-ring (bicyclic) bond motifs is 2. The van der Waals surface area contributed by atoms with Crippen LogP contribution in [0.3, 0.4) is 0 Å². The van der Waals surface area contributed by atoms with E-state index in [0.717, 1.165) is 41.4 Å². The van der Waals surface area contributed by atoms with Crippen molar-refractivity contribution in [2.45, 2.75) is 43.7 Å². The third kappa shape index (κ3) is 4.41. The summed E-state index contributed by atoms with van der Waals surface area (Å²) in [5.74, 6) is 0.846. The summed E-state index contributed by atoms with van der Waals surface area (Å²) in [6, 6.07) is 16.7. The monoisotopic (exact) mass is 535 g/mol. The van der Waals surface area contributed by atoms with E-state index in [1.807, 2.05) is 48.5 Å². The van der Waals surface area contributed by atoms with Gasteiger partial charge in [0.15, 0.2) is 5.78 Å². The molecule has 2 N–H and O–H groups in total. The zero-order chi connectivity index (χ0) is 27.3. The number of amides is 2. The SMILES string of the molecule is O=CN1CCC2(CC1)CC(=O)c1cc(-c3n[nH]c4ccc(C(=O)N[C@H](c5ccccn5)C5CC5)cc34)ccc1O2. The maximum absolute atomic E-state index is 13.3. The van der Waals surface area contributed by atoms with E-state index in [0.29, 0.717) is 60.8 Å². The highest BCUT2D eigenvalue weighted by molar-refractivity contribution is 6.04. The number of pyridine rings is 1. The first-order valence-corrected chi connectivity index (χ1v) is 13.8. The van der Waals surface area contributed by atoms with Gasteiger partial charge in [0.1, 0.15) is 11.4 Å². The molecule has 4 heterocycles. The van der Waals surface area contributed by atoms with Gasteiger partial charge in [-0.05, 0) is 67.3 Å². The number of Topliss-reactive ketones (excluding diaryl/α,β-unsaturated/α-hetero) is 1. The predicted molar refractivity (Wildman–Crippen MR) is 148 cm³/mol. The Morgan fingerprint density at radius 1 is 1.12 bits per heavy atom. The van der Waals surface area contributed by atoms with Crippen molar-refractivity contribution in [1.29, 1.82) is 0 Å². The van der Waals surface area contributed by atoms with Crippen molar-refractivity contribution in [3.05, 3.63) is 77.6 Å². The number of ketones is 1. The predicted octanol–water partition coefficient (Wildman–Crippen LogP) is 4.46. The summed E-state index contributed by atoms with van der Waals surface area (Å²) in [6.07, 6.45) is 6.32. The topological polar surface area (TPSA) is 117 Å². The van der Waals surface area contributed by atoms with Crippen molar-refractivity contribution in [2.75, 3.05) is 13.1 Å². The second-order valence-corrected chi connectivity index (χ2v) is 11.1. The van der Waals surface area contributed by atoms with E-state index in [-0.39, 0.29) is 17.7 Å². The van der Waals surface area contributed by atoms with Gasteiger partial charge in [-0.15, -0.1) is 0 Å². The molecule has 1 aliphatic carbocycles. The lowest BCUT2D eigenvalue weighted by molar-refractivity contribution is -0.121. The van der Waals surface area contributed by atoms with Crippen LogP contribution in [0.1, 0.15) is 64.6 Å². The first-order valence-electron chi connectivity index (χ1n) is 13.8.